The van der Waals surface area contributed by atoms with Gasteiger partial charge >= 0.3 is 5.97 Å². The molecule has 0 saturated heterocycles. The molecular formula is C24H20N2O5. The fourth-order valence-corrected chi connectivity index (χ4v) is 3.69. The molecule has 1 atom stereocenters. The summed E-state index contributed by atoms with van der Waals surface area (Å²) < 4.78 is 4.99. The van der Waals surface area contributed by atoms with Gasteiger partial charge in [0.2, 0.25) is 0 Å². The number of carbonyl (C=O) groups is 4. The predicted molar refractivity (Wildman–Crippen MR) is 113 cm³/mol. The van der Waals surface area contributed by atoms with Crippen molar-refractivity contribution >= 4 is 34.5 Å². The third-order valence-corrected chi connectivity index (χ3v) is 5.20. The molecule has 0 unspecified atom stereocenters. The smallest absolute Gasteiger partial charge is 0.326 e. The molecule has 1 aliphatic rings. The Morgan fingerprint density at radius 3 is 2.23 bits per heavy atom. The van der Waals surface area contributed by atoms with Crippen molar-refractivity contribution in [2.45, 2.75) is 13.0 Å². The van der Waals surface area contributed by atoms with Crippen molar-refractivity contribution in [2.75, 3.05) is 13.2 Å². The van der Waals surface area contributed by atoms with E-state index in [4.69, 9.17) is 4.74 Å². The van der Waals surface area contributed by atoms with Crippen molar-refractivity contribution in [1.82, 2.24) is 10.2 Å². The van der Waals surface area contributed by atoms with Crippen LogP contribution in [-0.2, 0) is 14.3 Å². The van der Waals surface area contributed by atoms with Gasteiger partial charge in [-0.3, -0.25) is 24.1 Å². The maximum atomic E-state index is 12.3. The van der Waals surface area contributed by atoms with Crippen LogP contribution in [0, 0.1) is 0 Å². The zero-order valence-corrected chi connectivity index (χ0v) is 16.8. The summed E-state index contributed by atoms with van der Waals surface area (Å²) in [4.78, 5) is 49.8. The fourth-order valence-electron chi connectivity index (χ4n) is 3.69. The van der Waals surface area contributed by atoms with Gasteiger partial charge in [0.1, 0.15) is 6.54 Å². The van der Waals surface area contributed by atoms with Crippen molar-refractivity contribution < 1.29 is 23.9 Å². The third-order valence-electron chi connectivity index (χ3n) is 5.20. The van der Waals surface area contributed by atoms with Gasteiger partial charge in [-0.05, 0) is 35.4 Å². The van der Waals surface area contributed by atoms with Gasteiger partial charge in [0.15, 0.2) is 6.61 Å². The average molecular weight is 416 g/mol. The van der Waals surface area contributed by atoms with Crippen LogP contribution in [0.2, 0.25) is 0 Å². The number of esters is 1. The first-order chi connectivity index (χ1) is 15.0. The van der Waals surface area contributed by atoms with Crippen LogP contribution in [-0.4, -0.2) is 41.7 Å². The molecular weight excluding hydrogens is 396 g/mol. The van der Waals surface area contributed by atoms with E-state index < -0.39 is 36.8 Å². The number of carbonyl (C=O) groups excluding carboxylic acids is 4. The lowest BCUT2D eigenvalue weighted by Crippen LogP contribution is -2.37. The molecule has 0 aliphatic carbocycles. The second-order valence-electron chi connectivity index (χ2n) is 7.26. The summed E-state index contributed by atoms with van der Waals surface area (Å²) in [7, 11) is 0. The van der Waals surface area contributed by atoms with Crippen LogP contribution >= 0.6 is 0 Å². The molecule has 0 saturated carbocycles. The number of amides is 3. The van der Waals surface area contributed by atoms with Gasteiger partial charge in [0, 0.05) is 0 Å². The maximum Gasteiger partial charge on any atom is 0.326 e. The van der Waals surface area contributed by atoms with E-state index in [-0.39, 0.29) is 17.2 Å². The van der Waals surface area contributed by atoms with Crippen LogP contribution in [0.5, 0.6) is 0 Å². The molecule has 156 valence electrons. The van der Waals surface area contributed by atoms with E-state index in [1.807, 2.05) is 49.4 Å². The summed E-state index contributed by atoms with van der Waals surface area (Å²) in [5.41, 5.74) is 1.45. The summed E-state index contributed by atoms with van der Waals surface area (Å²) in [6, 6.07) is 19.8. The number of nitrogens with zero attached hydrogens (tertiary/aromatic N) is 1. The van der Waals surface area contributed by atoms with Crippen molar-refractivity contribution in [3.8, 4) is 0 Å². The van der Waals surface area contributed by atoms with E-state index in [2.05, 4.69) is 5.32 Å². The summed E-state index contributed by atoms with van der Waals surface area (Å²) in [5.74, 6) is -2.41. The van der Waals surface area contributed by atoms with Gasteiger partial charge in [0.25, 0.3) is 17.7 Å². The largest absolute Gasteiger partial charge is 0.454 e. The van der Waals surface area contributed by atoms with Crippen LogP contribution in [0.15, 0.2) is 66.7 Å². The molecule has 1 aliphatic heterocycles. The molecule has 7 heteroatoms. The van der Waals surface area contributed by atoms with Crippen LogP contribution in [0.1, 0.15) is 39.2 Å². The molecule has 3 aromatic carbocycles. The molecule has 4 rings (SSSR count). The Bertz CT molecular complexity index is 1160. The molecule has 0 aromatic heterocycles. The van der Waals surface area contributed by atoms with E-state index in [0.717, 1.165) is 21.2 Å². The van der Waals surface area contributed by atoms with E-state index in [0.29, 0.717) is 0 Å². The Balaban J connectivity index is 1.32. The SMILES string of the molecule is C[C@@H](NC(=O)COC(=O)CN1C(=O)c2ccccc2C1=O)c1cccc2ccccc12. The van der Waals surface area contributed by atoms with Crippen molar-refractivity contribution in [3.63, 3.8) is 0 Å². The highest BCUT2D eigenvalue weighted by Crippen LogP contribution is 2.24. The highest BCUT2D eigenvalue weighted by atomic mass is 16.5. The van der Waals surface area contributed by atoms with E-state index >= 15 is 0 Å². The Labute approximate surface area is 178 Å². The van der Waals surface area contributed by atoms with Crippen molar-refractivity contribution in [3.05, 3.63) is 83.4 Å². The highest BCUT2D eigenvalue weighted by Gasteiger charge is 2.36. The molecule has 3 aromatic rings. The van der Waals surface area contributed by atoms with Crippen LogP contribution in [0.4, 0.5) is 0 Å². The summed E-state index contributed by atoms with van der Waals surface area (Å²) >= 11 is 0. The average Bonchev–Trinajstić information content (AvgIpc) is 3.02. The number of hydrogen-bond donors (Lipinski definition) is 1. The number of benzene rings is 3. The van der Waals surface area contributed by atoms with Gasteiger partial charge in [-0.25, -0.2) is 0 Å². The van der Waals surface area contributed by atoms with Gasteiger partial charge in [-0.15, -0.1) is 0 Å². The van der Waals surface area contributed by atoms with E-state index in [9.17, 15) is 19.2 Å². The quantitative estimate of drug-likeness (QED) is 0.493. The number of rotatable bonds is 6. The topological polar surface area (TPSA) is 92.8 Å². The van der Waals surface area contributed by atoms with E-state index in [1.165, 1.54) is 12.1 Å². The monoisotopic (exact) mass is 416 g/mol. The first-order valence-electron chi connectivity index (χ1n) is 9.83. The zero-order chi connectivity index (χ0) is 22.0. The Hall–Kier alpha value is -4.00. The lowest BCUT2D eigenvalue weighted by atomic mass is 10.00. The highest BCUT2D eigenvalue weighted by molar-refractivity contribution is 6.22. The first-order valence-corrected chi connectivity index (χ1v) is 9.83. The normalized spacial score (nSPS) is 13.8. The van der Waals surface area contributed by atoms with Gasteiger partial charge in [-0.1, -0.05) is 54.6 Å². The molecule has 1 N–H and O–H groups in total. The van der Waals surface area contributed by atoms with Crippen LogP contribution in [0.25, 0.3) is 10.8 Å². The molecule has 0 bridgehead atoms. The van der Waals surface area contributed by atoms with Crippen LogP contribution < -0.4 is 5.32 Å². The molecule has 0 radical (unpaired) electrons. The molecule has 3 amide bonds. The molecule has 7 nitrogen and oxygen atoms in total. The summed E-state index contributed by atoms with van der Waals surface area (Å²) in [6.07, 6.45) is 0. The predicted octanol–water partition coefficient (Wildman–Crippen LogP) is 2.86. The molecule has 31 heavy (non-hydrogen) atoms. The second-order valence-corrected chi connectivity index (χ2v) is 7.26. The Kier molecular flexibility index (Phi) is 5.49. The number of ether oxygens (including phenoxy) is 1. The molecule has 0 spiro atoms. The number of nitrogens with one attached hydrogen (secondary N) is 1. The molecule has 1 heterocycles. The molecule has 0 fully saturated rings. The van der Waals surface area contributed by atoms with Gasteiger partial charge < -0.3 is 10.1 Å². The van der Waals surface area contributed by atoms with Gasteiger partial charge in [0.05, 0.1) is 17.2 Å². The zero-order valence-electron chi connectivity index (χ0n) is 16.8. The van der Waals surface area contributed by atoms with Crippen molar-refractivity contribution in [2.24, 2.45) is 0 Å². The second kappa shape index (κ2) is 8.39. The maximum absolute atomic E-state index is 12.3. The summed E-state index contributed by atoms with van der Waals surface area (Å²) in [6.45, 7) is 0.801. The third kappa shape index (κ3) is 4.02. The number of hydrogen-bond acceptors (Lipinski definition) is 5. The Morgan fingerprint density at radius 1 is 0.903 bits per heavy atom. The Morgan fingerprint density at radius 2 is 1.52 bits per heavy atom. The number of fused-ring (bicyclic) bond motifs is 2. The lowest BCUT2D eigenvalue weighted by Gasteiger charge is -2.17. The minimum atomic E-state index is -0.831. The minimum absolute atomic E-state index is 0.252. The van der Waals surface area contributed by atoms with Gasteiger partial charge in [-0.2, -0.15) is 0 Å². The van der Waals surface area contributed by atoms with Crippen molar-refractivity contribution in [1.29, 1.82) is 0 Å². The standard InChI is InChI=1S/C24H20N2O5/c1-15(17-12-6-8-16-7-2-3-9-18(16)17)25-21(27)14-31-22(28)13-26-23(29)19-10-4-5-11-20(19)24(26)30/h2-12,15H,13-14H2,1H3,(H,25,27)/t15-/m1/s1. The first kappa shape index (κ1) is 20.3. The van der Waals surface area contributed by atoms with E-state index in [1.54, 1.807) is 12.1 Å². The number of imide groups is 1. The fraction of sp³-hybridized carbons (Fsp3) is 0.167. The summed E-state index contributed by atoms with van der Waals surface area (Å²) in [5, 5.41) is 4.90. The minimum Gasteiger partial charge on any atom is -0.454 e. The van der Waals surface area contributed by atoms with Crippen LogP contribution in [0.3, 0.4) is 0 Å². The lowest BCUT2D eigenvalue weighted by molar-refractivity contribution is -0.148.